The van der Waals surface area contributed by atoms with Crippen molar-refractivity contribution in [3.63, 3.8) is 0 Å². The second-order valence-corrected chi connectivity index (χ2v) is 5.40. The number of aryl methyl sites for hydroxylation is 1. The van der Waals surface area contributed by atoms with E-state index < -0.39 is 0 Å². The average molecular weight is 306 g/mol. The van der Waals surface area contributed by atoms with Gasteiger partial charge in [-0.2, -0.15) is 0 Å². The van der Waals surface area contributed by atoms with E-state index in [2.05, 4.69) is 43.3 Å². The van der Waals surface area contributed by atoms with Crippen molar-refractivity contribution in [2.45, 2.75) is 26.7 Å². The van der Waals surface area contributed by atoms with Gasteiger partial charge < -0.3 is 4.42 Å². The third-order valence-electron chi connectivity index (χ3n) is 3.34. The van der Waals surface area contributed by atoms with Gasteiger partial charge in [0.25, 0.3) is 0 Å². The van der Waals surface area contributed by atoms with Crippen molar-refractivity contribution in [3.8, 4) is 0 Å². The van der Waals surface area contributed by atoms with Crippen LogP contribution in [0.25, 0.3) is 17.0 Å². The molecule has 2 nitrogen and oxygen atoms in total. The van der Waals surface area contributed by atoms with E-state index >= 15 is 0 Å². The molecule has 3 rings (SSSR count). The van der Waals surface area contributed by atoms with Crippen molar-refractivity contribution in [1.29, 1.82) is 0 Å². The fourth-order valence-electron chi connectivity index (χ4n) is 2.12. The summed E-state index contributed by atoms with van der Waals surface area (Å²) in [6, 6.07) is 19.4. The van der Waals surface area contributed by atoms with Crippen LogP contribution in [0.15, 0.2) is 76.0 Å². The van der Waals surface area contributed by atoms with Gasteiger partial charge in [0.1, 0.15) is 5.58 Å². The van der Waals surface area contributed by atoms with E-state index in [0.717, 1.165) is 10.9 Å². The minimum Gasteiger partial charge on any atom is -0.423 e. The predicted molar refractivity (Wildman–Crippen MR) is 97.6 cm³/mol. The molecule has 0 aliphatic carbocycles. The molecule has 118 valence electrons. The van der Waals surface area contributed by atoms with Crippen LogP contribution in [0.3, 0.4) is 0 Å². The quantitative estimate of drug-likeness (QED) is 0.589. The Labute approximate surface area is 137 Å². The van der Waals surface area contributed by atoms with Crippen LogP contribution in [0, 0.1) is 6.92 Å². The fourth-order valence-corrected chi connectivity index (χ4v) is 2.12. The number of unbranched alkanes of at least 4 members (excludes halogenated alkanes) is 1. The van der Waals surface area contributed by atoms with Crippen LogP contribution in [0.1, 0.15) is 30.9 Å². The maximum Gasteiger partial charge on any atom is 0.336 e. The third-order valence-corrected chi connectivity index (χ3v) is 3.34. The van der Waals surface area contributed by atoms with Gasteiger partial charge in [-0.15, -0.1) is 0 Å². The minimum atomic E-state index is -0.298. The third kappa shape index (κ3) is 5.59. The Morgan fingerprint density at radius 2 is 1.74 bits per heavy atom. The Bertz CT molecular complexity index is 814. The Morgan fingerprint density at radius 3 is 2.48 bits per heavy atom. The van der Waals surface area contributed by atoms with Crippen molar-refractivity contribution >= 4 is 17.0 Å². The molecule has 0 aliphatic heterocycles. The van der Waals surface area contributed by atoms with Gasteiger partial charge in [0.05, 0.1) is 0 Å². The molecule has 0 saturated carbocycles. The Balaban J connectivity index is 0.000000168. The smallest absolute Gasteiger partial charge is 0.336 e. The first kappa shape index (κ1) is 16.8. The molecule has 0 bridgehead atoms. The number of hydrogen-bond acceptors (Lipinski definition) is 2. The van der Waals surface area contributed by atoms with Gasteiger partial charge in [-0.3, -0.25) is 0 Å². The number of benzene rings is 2. The summed E-state index contributed by atoms with van der Waals surface area (Å²) in [6.45, 7) is 4.15. The highest BCUT2D eigenvalue weighted by atomic mass is 16.4. The summed E-state index contributed by atoms with van der Waals surface area (Å²) in [5.74, 6) is 0. The van der Waals surface area contributed by atoms with Gasteiger partial charge in [0, 0.05) is 11.5 Å². The first-order chi connectivity index (χ1) is 11.2. The van der Waals surface area contributed by atoms with Gasteiger partial charge >= 0.3 is 5.63 Å². The highest BCUT2D eigenvalue weighted by Crippen LogP contribution is 2.12. The Kier molecular flexibility index (Phi) is 6.37. The summed E-state index contributed by atoms with van der Waals surface area (Å²) in [7, 11) is 0. The molecule has 0 amide bonds. The van der Waals surface area contributed by atoms with Gasteiger partial charge in [-0.05, 0) is 36.6 Å². The molecule has 0 aliphatic rings. The van der Waals surface area contributed by atoms with E-state index in [1.807, 2.05) is 31.2 Å². The molecule has 0 fully saturated rings. The van der Waals surface area contributed by atoms with E-state index in [9.17, 15) is 4.79 Å². The molecular weight excluding hydrogens is 284 g/mol. The zero-order chi connectivity index (χ0) is 16.5. The van der Waals surface area contributed by atoms with E-state index in [0.29, 0.717) is 5.58 Å². The SMILES string of the molecule is CCC/C=C/c1ccccc1.Cc1ccc2ccc(=O)oc2c1. The Hall–Kier alpha value is -2.61. The number of fused-ring (bicyclic) bond motifs is 1. The van der Waals surface area contributed by atoms with E-state index in [1.54, 1.807) is 6.07 Å². The molecule has 0 spiro atoms. The normalized spacial score (nSPS) is 10.5. The van der Waals surface area contributed by atoms with Gasteiger partial charge in [-0.25, -0.2) is 4.79 Å². The topological polar surface area (TPSA) is 30.2 Å². The number of rotatable bonds is 3. The standard InChI is InChI=1S/C11H14.C10H8O2/c1-2-3-5-8-11-9-6-4-7-10-11;1-7-2-3-8-4-5-10(11)12-9(8)6-7/h4-10H,2-3H2,1H3;2-6H,1H3/b8-5+;. The first-order valence-electron chi connectivity index (χ1n) is 7.91. The zero-order valence-corrected chi connectivity index (χ0v) is 13.7. The lowest BCUT2D eigenvalue weighted by molar-refractivity contribution is 0.561. The molecule has 2 aromatic carbocycles. The second-order valence-electron chi connectivity index (χ2n) is 5.40. The lowest BCUT2D eigenvalue weighted by Crippen LogP contribution is -1.93. The van der Waals surface area contributed by atoms with Crippen LogP contribution >= 0.6 is 0 Å². The molecule has 0 unspecified atom stereocenters. The van der Waals surface area contributed by atoms with Crippen molar-refractivity contribution in [2.24, 2.45) is 0 Å². The molecule has 2 heteroatoms. The van der Waals surface area contributed by atoms with Crippen LogP contribution < -0.4 is 5.63 Å². The first-order valence-corrected chi connectivity index (χ1v) is 7.91. The number of hydrogen-bond donors (Lipinski definition) is 0. The summed E-state index contributed by atoms with van der Waals surface area (Å²) >= 11 is 0. The maximum atomic E-state index is 10.8. The summed E-state index contributed by atoms with van der Waals surface area (Å²) in [4.78, 5) is 10.8. The monoisotopic (exact) mass is 306 g/mol. The zero-order valence-electron chi connectivity index (χ0n) is 13.7. The largest absolute Gasteiger partial charge is 0.423 e. The molecule has 0 radical (unpaired) electrons. The van der Waals surface area contributed by atoms with Crippen molar-refractivity contribution < 1.29 is 4.42 Å². The van der Waals surface area contributed by atoms with Gasteiger partial charge in [0.15, 0.2) is 0 Å². The summed E-state index contributed by atoms with van der Waals surface area (Å²) < 4.78 is 4.99. The molecule has 0 atom stereocenters. The summed E-state index contributed by atoms with van der Waals surface area (Å²) in [5, 5.41) is 0.959. The van der Waals surface area contributed by atoms with Crippen LogP contribution in [0.2, 0.25) is 0 Å². The minimum absolute atomic E-state index is 0.298. The average Bonchev–Trinajstić information content (AvgIpc) is 2.56. The molecule has 1 heterocycles. The van der Waals surface area contributed by atoms with E-state index in [4.69, 9.17) is 4.42 Å². The molecule has 0 saturated heterocycles. The predicted octanol–water partition coefficient (Wildman–Crippen LogP) is 5.60. The fraction of sp³-hybridized carbons (Fsp3) is 0.190. The van der Waals surface area contributed by atoms with Gasteiger partial charge in [-0.1, -0.05) is 68.0 Å². The molecular formula is C21H22O2. The summed E-state index contributed by atoms with van der Waals surface area (Å²) in [5.41, 5.74) is 2.74. The second kappa shape index (κ2) is 8.74. The lowest BCUT2D eigenvalue weighted by atomic mass is 10.2. The Morgan fingerprint density at radius 1 is 1.00 bits per heavy atom. The van der Waals surface area contributed by atoms with Crippen LogP contribution in [0.5, 0.6) is 0 Å². The maximum absolute atomic E-state index is 10.8. The lowest BCUT2D eigenvalue weighted by Gasteiger charge is -1.95. The molecule has 3 aromatic rings. The van der Waals surface area contributed by atoms with Gasteiger partial charge in [0.2, 0.25) is 0 Å². The molecule has 1 aromatic heterocycles. The van der Waals surface area contributed by atoms with Crippen molar-refractivity contribution in [1.82, 2.24) is 0 Å². The van der Waals surface area contributed by atoms with Crippen LogP contribution in [-0.4, -0.2) is 0 Å². The molecule has 23 heavy (non-hydrogen) atoms. The molecule has 0 N–H and O–H groups in total. The van der Waals surface area contributed by atoms with E-state index in [1.165, 1.54) is 24.5 Å². The van der Waals surface area contributed by atoms with Crippen molar-refractivity contribution in [2.75, 3.05) is 0 Å². The van der Waals surface area contributed by atoms with E-state index in [-0.39, 0.29) is 5.63 Å². The van der Waals surface area contributed by atoms with Crippen LogP contribution in [-0.2, 0) is 0 Å². The highest BCUT2D eigenvalue weighted by molar-refractivity contribution is 5.76. The highest BCUT2D eigenvalue weighted by Gasteiger charge is 1.95. The summed E-state index contributed by atoms with van der Waals surface area (Å²) in [6.07, 6.45) is 6.79. The van der Waals surface area contributed by atoms with Crippen molar-refractivity contribution in [3.05, 3.63) is 88.3 Å². The number of allylic oxidation sites excluding steroid dienone is 1. The van der Waals surface area contributed by atoms with Crippen LogP contribution in [0.4, 0.5) is 0 Å².